The Morgan fingerprint density at radius 3 is 2.67 bits per heavy atom. The highest BCUT2D eigenvalue weighted by atomic mass is 35.5. The number of primary amides is 1. The normalized spacial score (nSPS) is 12.5. The monoisotopic (exact) mass is 502 g/mol. The number of hydrogen-bond acceptors (Lipinski definition) is 7. The number of hydrogen-bond donors (Lipinski definition) is 5. The molecule has 9 nitrogen and oxygen atoms in total. The summed E-state index contributed by atoms with van der Waals surface area (Å²) in [6.45, 7) is 3.08. The Bertz CT molecular complexity index is 1160. The van der Waals surface area contributed by atoms with Crippen LogP contribution in [0.4, 0.5) is 20.4 Å². The van der Waals surface area contributed by atoms with Crippen LogP contribution >= 0.6 is 23.2 Å². The fraction of sp³-hybridized carbons (Fsp3) is 0.350. The standard InChI is InChI=1S/C20H22Cl2F2N6O3/c1-8(2)18(32)26-6-9-3-4-11(21)15(14(9)22)28-20-27-12-5-10(16(25)31)19(29-17(12)30-20)33-7-13(23)24/h3-5,8,13,18,26,32H,6-7H2,1-2H3,(H2,25,31)(H2,27,28,29,30). The summed E-state index contributed by atoms with van der Waals surface area (Å²) in [6, 6.07) is 4.67. The van der Waals surface area contributed by atoms with Crippen LogP contribution in [0.3, 0.4) is 0 Å². The van der Waals surface area contributed by atoms with Crippen LogP contribution in [0.25, 0.3) is 11.2 Å². The number of halogens is 4. The number of imidazole rings is 1. The van der Waals surface area contributed by atoms with E-state index in [1.54, 1.807) is 12.1 Å². The lowest BCUT2D eigenvalue weighted by Crippen LogP contribution is -2.32. The molecule has 3 rings (SSSR count). The molecule has 1 unspecified atom stereocenters. The van der Waals surface area contributed by atoms with E-state index in [-0.39, 0.29) is 29.0 Å². The van der Waals surface area contributed by atoms with Gasteiger partial charge in [-0.1, -0.05) is 43.1 Å². The van der Waals surface area contributed by atoms with E-state index in [0.717, 1.165) is 0 Å². The Morgan fingerprint density at radius 2 is 2.03 bits per heavy atom. The van der Waals surface area contributed by atoms with Crippen molar-refractivity contribution in [2.24, 2.45) is 11.7 Å². The van der Waals surface area contributed by atoms with Crippen LogP contribution in [0.15, 0.2) is 18.2 Å². The molecule has 6 N–H and O–H groups in total. The molecular weight excluding hydrogens is 481 g/mol. The van der Waals surface area contributed by atoms with E-state index < -0.39 is 25.2 Å². The number of carbonyl (C=O) groups is 1. The summed E-state index contributed by atoms with van der Waals surface area (Å²) >= 11 is 12.8. The highest BCUT2D eigenvalue weighted by Crippen LogP contribution is 2.35. The number of benzene rings is 1. The molecule has 0 bridgehead atoms. The van der Waals surface area contributed by atoms with Crippen molar-refractivity contribution in [3.63, 3.8) is 0 Å². The molecule has 0 aliphatic heterocycles. The van der Waals surface area contributed by atoms with Crippen molar-refractivity contribution in [2.75, 3.05) is 11.9 Å². The Morgan fingerprint density at radius 1 is 1.30 bits per heavy atom. The number of rotatable bonds is 10. The number of aliphatic hydroxyl groups excluding tert-OH is 1. The maximum Gasteiger partial charge on any atom is 0.272 e. The number of fused-ring (bicyclic) bond motifs is 1. The number of ether oxygens (including phenoxy) is 1. The molecule has 1 amide bonds. The first-order chi connectivity index (χ1) is 15.6. The number of aromatic amines is 1. The number of amides is 1. The quantitative estimate of drug-likeness (QED) is 0.265. The Hall–Kier alpha value is -2.73. The number of H-pyrrole nitrogens is 1. The molecule has 0 aliphatic rings. The lowest BCUT2D eigenvalue weighted by atomic mass is 10.1. The molecule has 0 saturated heterocycles. The minimum Gasteiger partial charge on any atom is -0.471 e. The number of aromatic nitrogens is 3. The van der Waals surface area contributed by atoms with E-state index in [1.165, 1.54) is 6.07 Å². The van der Waals surface area contributed by atoms with Crippen molar-refractivity contribution in [3.8, 4) is 5.88 Å². The Labute approximate surface area is 197 Å². The van der Waals surface area contributed by atoms with Crippen LogP contribution in [-0.4, -0.2) is 45.2 Å². The van der Waals surface area contributed by atoms with Gasteiger partial charge in [0.05, 0.1) is 21.2 Å². The van der Waals surface area contributed by atoms with Gasteiger partial charge in [0.15, 0.2) is 12.3 Å². The number of anilines is 2. The summed E-state index contributed by atoms with van der Waals surface area (Å²) in [5, 5.41) is 16.5. The molecule has 1 aromatic carbocycles. The van der Waals surface area contributed by atoms with Crippen LogP contribution in [0.2, 0.25) is 10.0 Å². The third kappa shape index (κ3) is 5.99. The summed E-state index contributed by atoms with van der Waals surface area (Å²) < 4.78 is 29.9. The van der Waals surface area contributed by atoms with Gasteiger partial charge < -0.3 is 25.9 Å². The van der Waals surface area contributed by atoms with Crippen molar-refractivity contribution in [3.05, 3.63) is 39.4 Å². The van der Waals surface area contributed by atoms with Gasteiger partial charge in [-0.15, -0.1) is 0 Å². The Kier molecular flexibility index (Phi) is 7.90. The van der Waals surface area contributed by atoms with Crippen LogP contribution < -0.4 is 21.1 Å². The van der Waals surface area contributed by atoms with Gasteiger partial charge in [0.2, 0.25) is 11.8 Å². The first-order valence-electron chi connectivity index (χ1n) is 9.83. The molecule has 1 atom stereocenters. The largest absolute Gasteiger partial charge is 0.471 e. The van der Waals surface area contributed by atoms with Gasteiger partial charge in [0.1, 0.15) is 11.8 Å². The van der Waals surface area contributed by atoms with E-state index >= 15 is 0 Å². The van der Waals surface area contributed by atoms with Crippen molar-refractivity contribution in [1.29, 1.82) is 0 Å². The van der Waals surface area contributed by atoms with Gasteiger partial charge in [0, 0.05) is 6.54 Å². The molecule has 0 saturated carbocycles. The third-order valence-corrected chi connectivity index (χ3v) is 5.34. The minimum absolute atomic E-state index is 0.0107. The molecule has 3 aromatic rings. The molecule has 2 heterocycles. The fourth-order valence-corrected chi connectivity index (χ4v) is 3.36. The highest BCUT2D eigenvalue weighted by molar-refractivity contribution is 6.39. The molecular formula is C20H22Cl2F2N6O3. The maximum absolute atomic E-state index is 12.5. The zero-order valence-corrected chi connectivity index (χ0v) is 19.1. The van der Waals surface area contributed by atoms with E-state index in [0.29, 0.717) is 33.4 Å². The number of aliphatic hydroxyl groups is 1. The molecule has 33 heavy (non-hydrogen) atoms. The van der Waals surface area contributed by atoms with Crippen molar-refractivity contribution in [1.82, 2.24) is 20.3 Å². The van der Waals surface area contributed by atoms with Gasteiger partial charge in [-0.3, -0.25) is 10.1 Å². The summed E-state index contributed by atoms with van der Waals surface area (Å²) in [7, 11) is 0. The van der Waals surface area contributed by atoms with Gasteiger partial charge in [-0.05, 0) is 23.6 Å². The summed E-state index contributed by atoms with van der Waals surface area (Å²) in [5.74, 6) is -1.06. The van der Waals surface area contributed by atoms with Crippen molar-refractivity contribution >= 4 is 51.9 Å². The summed E-state index contributed by atoms with van der Waals surface area (Å²) in [4.78, 5) is 22.8. The van der Waals surface area contributed by atoms with Gasteiger partial charge in [-0.25, -0.2) is 8.78 Å². The lowest BCUT2D eigenvalue weighted by molar-refractivity contribution is 0.0780. The van der Waals surface area contributed by atoms with E-state index in [2.05, 4.69) is 25.6 Å². The number of nitrogens with zero attached hydrogens (tertiary/aromatic N) is 2. The minimum atomic E-state index is -2.76. The van der Waals surface area contributed by atoms with E-state index in [1.807, 2.05) is 13.8 Å². The second kappa shape index (κ2) is 10.5. The van der Waals surface area contributed by atoms with E-state index in [4.69, 9.17) is 33.7 Å². The van der Waals surface area contributed by atoms with Crippen LogP contribution in [-0.2, 0) is 6.54 Å². The number of alkyl halides is 2. The molecule has 0 aliphatic carbocycles. The summed E-state index contributed by atoms with van der Waals surface area (Å²) in [6.07, 6.45) is -3.47. The molecule has 2 aromatic heterocycles. The average molecular weight is 503 g/mol. The van der Waals surface area contributed by atoms with Crippen LogP contribution in [0.5, 0.6) is 5.88 Å². The third-order valence-electron chi connectivity index (χ3n) is 4.60. The number of nitrogens with one attached hydrogen (secondary N) is 3. The number of nitrogens with two attached hydrogens (primary N) is 1. The Balaban J connectivity index is 1.90. The maximum atomic E-state index is 12.5. The van der Waals surface area contributed by atoms with Gasteiger partial charge in [0.25, 0.3) is 12.3 Å². The number of pyridine rings is 1. The predicted octanol–water partition coefficient (Wildman–Crippen LogP) is 3.82. The second-order valence-corrected chi connectivity index (χ2v) is 8.24. The molecule has 13 heteroatoms. The van der Waals surface area contributed by atoms with E-state index in [9.17, 15) is 18.7 Å². The SMILES string of the molecule is CC(C)C(O)NCc1ccc(Cl)c(Nc2nc3nc(OCC(F)F)c(C(N)=O)cc3[nH]2)c1Cl. The predicted molar refractivity (Wildman–Crippen MR) is 121 cm³/mol. The van der Waals surface area contributed by atoms with Crippen LogP contribution in [0, 0.1) is 5.92 Å². The van der Waals surface area contributed by atoms with Gasteiger partial charge in [-0.2, -0.15) is 9.97 Å². The lowest BCUT2D eigenvalue weighted by Gasteiger charge is -2.18. The smallest absolute Gasteiger partial charge is 0.272 e. The first-order valence-corrected chi connectivity index (χ1v) is 10.6. The summed E-state index contributed by atoms with van der Waals surface area (Å²) in [5.41, 5.74) is 6.56. The fourth-order valence-electron chi connectivity index (χ4n) is 2.83. The average Bonchev–Trinajstić information content (AvgIpc) is 3.14. The molecule has 0 spiro atoms. The second-order valence-electron chi connectivity index (χ2n) is 7.45. The molecule has 0 radical (unpaired) electrons. The first kappa shape index (κ1) is 24.9. The van der Waals surface area contributed by atoms with Crippen molar-refractivity contribution in [2.45, 2.75) is 33.0 Å². The number of carbonyl (C=O) groups excluding carboxylic acids is 1. The highest BCUT2D eigenvalue weighted by Gasteiger charge is 2.19. The van der Waals surface area contributed by atoms with Crippen LogP contribution in [0.1, 0.15) is 29.8 Å². The van der Waals surface area contributed by atoms with Crippen molar-refractivity contribution < 1.29 is 23.4 Å². The topological polar surface area (TPSA) is 138 Å². The van der Waals surface area contributed by atoms with Gasteiger partial charge >= 0.3 is 0 Å². The molecule has 0 fully saturated rings. The zero-order valence-electron chi connectivity index (χ0n) is 17.6. The molecule has 178 valence electrons. The zero-order chi connectivity index (χ0) is 24.3.